The van der Waals surface area contributed by atoms with Gasteiger partial charge in [-0.1, -0.05) is 6.07 Å². The Morgan fingerprint density at radius 1 is 1.26 bits per heavy atom. The number of nitrogens with one attached hydrogen (secondary N) is 1. The number of carbonyl (C=O) groups excluding carboxylic acids is 1. The van der Waals surface area contributed by atoms with Gasteiger partial charge in [-0.15, -0.1) is 0 Å². The maximum atomic E-state index is 12.4. The molecular formula is C15H17F3N2O3. The van der Waals surface area contributed by atoms with E-state index in [9.17, 15) is 18.0 Å². The second-order valence-electron chi connectivity index (χ2n) is 5.68. The van der Waals surface area contributed by atoms with Crippen molar-refractivity contribution in [2.75, 3.05) is 26.4 Å². The smallest absolute Gasteiger partial charge is 0.401 e. The third-order valence-corrected chi connectivity index (χ3v) is 3.97. The Bertz CT molecular complexity index is 584. The molecule has 0 aromatic heterocycles. The Morgan fingerprint density at radius 2 is 2.00 bits per heavy atom. The van der Waals surface area contributed by atoms with E-state index in [1.807, 2.05) is 0 Å². The highest BCUT2D eigenvalue weighted by Gasteiger charge is 2.33. The Kier molecular flexibility index (Phi) is 4.34. The molecular weight excluding hydrogens is 313 g/mol. The van der Waals surface area contributed by atoms with Gasteiger partial charge in [0.1, 0.15) is 0 Å². The van der Waals surface area contributed by atoms with Gasteiger partial charge < -0.3 is 14.8 Å². The van der Waals surface area contributed by atoms with Crippen molar-refractivity contribution < 1.29 is 27.4 Å². The number of para-hydroxylation sites is 1. The van der Waals surface area contributed by atoms with Crippen molar-refractivity contribution in [1.82, 2.24) is 10.2 Å². The quantitative estimate of drug-likeness (QED) is 0.923. The summed E-state index contributed by atoms with van der Waals surface area (Å²) in [6, 6.07) is 4.93. The lowest BCUT2D eigenvalue weighted by molar-refractivity contribution is -0.148. The van der Waals surface area contributed by atoms with Gasteiger partial charge in [0.15, 0.2) is 11.5 Å². The first-order valence-corrected chi connectivity index (χ1v) is 7.41. The molecule has 0 aliphatic carbocycles. The lowest BCUT2D eigenvalue weighted by Gasteiger charge is -2.32. The molecule has 1 aromatic carbocycles. The summed E-state index contributed by atoms with van der Waals surface area (Å²) in [6.45, 7) is -0.186. The number of likely N-dealkylation sites (tertiary alicyclic amines) is 1. The molecule has 2 aliphatic rings. The lowest BCUT2D eigenvalue weighted by atomic mass is 10.0. The van der Waals surface area contributed by atoms with Crippen molar-refractivity contribution in [3.63, 3.8) is 0 Å². The fourth-order valence-corrected chi connectivity index (χ4v) is 2.86. The topological polar surface area (TPSA) is 50.8 Å². The molecule has 0 radical (unpaired) electrons. The minimum atomic E-state index is -4.18. The van der Waals surface area contributed by atoms with E-state index >= 15 is 0 Å². The zero-order chi connectivity index (χ0) is 16.4. The van der Waals surface area contributed by atoms with Crippen molar-refractivity contribution in [3.8, 4) is 11.5 Å². The first-order valence-electron chi connectivity index (χ1n) is 7.41. The SMILES string of the molecule is O=C(NC1CCN(CC(F)(F)F)CC1)c1cccc2c1OCO2. The fourth-order valence-electron chi connectivity index (χ4n) is 2.86. The first kappa shape index (κ1) is 15.9. The zero-order valence-electron chi connectivity index (χ0n) is 12.4. The standard InChI is InChI=1S/C15H17F3N2O3/c16-15(17,18)8-20-6-4-10(5-7-20)19-14(21)11-2-1-3-12-13(11)23-9-22-12/h1-3,10H,4-9H2,(H,19,21). The summed E-state index contributed by atoms with van der Waals surface area (Å²) in [4.78, 5) is 13.7. The van der Waals surface area contributed by atoms with Gasteiger partial charge in [0.05, 0.1) is 12.1 Å². The molecule has 2 heterocycles. The van der Waals surface area contributed by atoms with Crippen LogP contribution in [0, 0.1) is 0 Å². The van der Waals surface area contributed by atoms with Crippen LogP contribution >= 0.6 is 0 Å². The number of rotatable bonds is 3. The third kappa shape index (κ3) is 3.87. The van der Waals surface area contributed by atoms with Crippen LogP contribution in [0.2, 0.25) is 0 Å². The molecule has 0 spiro atoms. The monoisotopic (exact) mass is 330 g/mol. The molecule has 0 atom stereocenters. The molecule has 1 fully saturated rings. The number of ether oxygens (including phenoxy) is 2. The number of hydrogen-bond donors (Lipinski definition) is 1. The maximum absolute atomic E-state index is 12.4. The van der Waals surface area contributed by atoms with Crippen LogP contribution in [0.25, 0.3) is 0 Å². The van der Waals surface area contributed by atoms with Gasteiger partial charge in [0, 0.05) is 19.1 Å². The molecule has 0 bridgehead atoms. The maximum Gasteiger partial charge on any atom is 0.401 e. The van der Waals surface area contributed by atoms with E-state index in [2.05, 4.69) is 5.32 Å². The lowest BCUT2D eigenvalue weighted by Crippen LogP contribution is -2.47. The summed E-state index contributed by atoms with van der Waals surface area (Å²) in [5.41, 5.74) is 0.387. The summed E-state index contributed by atoms with van der Waals surface area (Å²) >= 11 is 0. The number of alkyl halides is 3. The van der Waals surface area contributed by atoms with Crippen LogP contribution in [-0.4, -0.2) is 49.5 Å². The Morgan fingerprint density at radius 3 is 2.70 bits per heavy atom. The van der Waals surface area contributed by atoms with Crippen molar-refractivity contribution in [2.45, 2.75) is 25.1 Å². The molecule has 23 heavy (non-hydrogen) atoms. The predicted molar refractivity (Wildman–Crippen MR) is 75.5 cm³/mol. The van der Waals surface area contributed by atoms with E-state index in [0.717, 1.165) is 0 Å². The normalized spacial score (nSPS) is 18.9. The van der Waals surface area contributed by atoms with Gasteiger partial charge in [-0.25, -0.2) is 0 Å². The highest BCUT2D eigenvalue weighted by atomic mass is 19.4. The van der Waals surface area contributed by atoms with Gasteiger partial charge in [-0.05, 0) is 25.0 Å². The van der Waals surface area contributed by atoms with Gasteiger partial charge in [0.25, 0.3) is 5.91 Å². The highest BCUT2D eigenvalue weighted by Crippen LogP contribution is 2.35. The Labute approximate surface area is 131 Å². The summed E-state index contributed by atoms with van der Waals surface area (Å²) in [7, 11) is 0. The number of halogens is 3. The number of nitrogens with zero attached hydrogens (tertiary/aromatic N) is 1. The van der Waals surface area contributed by atoms with Crippen molar-refractivity contribution in [2.24, 2.45) is 0 Å². The van der Waals surface area contributed by atoms with Gasteiger partial charge >= 0.3 is 6.18 Å². The van der Waals surface area contributed by atoms with E-state index < -0.39 is 12.7 Å². The van der Waals surface area contributed by atoms with Crippen LogP contribution in [0.15, 0.2) is 18.2 Å². The second-order valence-corrected chi connectivity index (χ2v) is 5.68. The van der Waals surface area contributed by atoms with Crippen LogP contribution in [0.3, 0.4) is 0 Å². The van der Waals surface area contributed by atoms with Gasteiger partial charge in [-0.3, -0.25) is 9.69 Å². The van der Waals surface area contributed by atoms with Crippen molar-refractivity contribution in [1.29, 1.82) is 0 Å². The van der Waals surface area contributed by atoms with E-state index in [1.165, 1.54) is 4.90 Å². The number of hydrogen-bond acceptors (Lipinski definition) is 4. The molecule has 3 rings (SSSR count). The molecule has 1 amide bonds. The highest BCUT2D eigenvalue weighted by molar-refractivity contribution is 5.98. The summed E-state index contributed by atoms with van der Waals surface area (Å²) < 4.78 is 47.6. The average molecular weight is 330 g/mol. The second kappa shape index (κ2) is 6.27. The zero-order valence-corrected chi connectivity index (χ0v) is 12.4. The molecule has 0 saturated carbocycles. The minimum absolute atomic E-state index is 0.0788. The molecule has 126 valence electrons. The largest absolute Gasteiger partial charge is 0.454 e. The van der Waals surface area contributed by atoms with Gasteiger partial charge in [-0.2, -0.15) is 13.2 Å². The number of piperidine rings is 1. The Hall–Kier alpha value is -1.96. The molecule has 1 aromatic rings. The molecule has 1 N–H and O–H groups in total. The fraction of sp³-hybridized carbons (Fsp3) is 0.533. The Balaban J connectivity index is 1.55. The van der Waals surface area contributed by atoms with E-state index in [0.29, 0.717) is 43.0 Å². The number of amides is 1. The van der Waals surface area contributed by atoms with E-state index in [4.69, 9.17) is 9.47 Å². The number of benzene rings is 1. The van der Waals surface area contributed by atoms with E-state index in [-0.39, 0.29) is 18.7 Å². The summed E-state index contributed by atoms with van der Waals surface area (Å²) in [6.07, 6.45) is -3.19. The van der Waals surface area contributed by atoms with Crippen LogP contribution in [0.1, 0.15) is 23.2 Å². The summed E-state index contributed by atoms with van der Waals surface area (Å²) in [5, 5.41) is 2.87. The average Bonchev–Trinajstić information content (AvgIpc) is 2.96. The minimum Gasteiger partial charge on any atom is -0.454 e. The molecule has 0 unspecified atom stereocenters. The third-order valence-electron chi connectivity index (χ3n) is 3.97. The van der Waals surface area contributed by atoms with Crippen molar-refractivity contribution in [3.05, 3.63) is 23.8 Å². The molecule has 2 aliphatic heterocycles. The predicted octanol–water partition coefficient (Wildman–Crippen LogP) is 2.17. The molecule has 5 nitrogen and oxygen atoms in total. The van der Waals surface area contributed by atoms with Crippen molar-refractivity contribution >= 4 is 5.91 Å². The number of fused-ring (bicyclic) bond motifs is 1. The van der Waals surface area contributed by atoms with E-state index in [1.54, 1.807) is 18.2 Å². The van der Waals surface area contributed by atoms with Crippen LogP contribution in [0.5, 0.6) is 11.5 Å². The summed E-state index contributed by atoms with van der Waals surface area (Å²) in [5.74, 6) is 0.652. The van der Waals surface area contributed by atoms with Gasteiger partial charge in [0.2, 0.25) is 6.79 Å². The first-order chi connectivity index (χ1) is 10.9. The molecule has 1 saturated heterocycles. The van der Waals surface area contributed by atoms with Crippen LogP contribution in [-0.2, 0) is 0 Å². The number of carbonyl (C=O) groups is 1. The van der Waals surface area contributed by atoms with Crippen LogP contribution in [0.4, 0.5) is 13.2 Å². The van der Waals surface area contributed by atoms with Crippen LogP contribution < -0.4 is 14.8 Å². The molecule has 8 heteroatoms.